The number of ether oxygens (including phenoxy) is 1. The summed E-state index contributed by atoms with van der Waals surface area (Å²) in [6, 6.07) is 10.9. The van der Waals surface area contributed by atoms with Crippen LogP contribution >= 0.6 is 0 Å². The molecule has 0 aliphatic carbocycles. The molecule has 0 radical (unpaired) electrons. The Balaban J connectivity index is 2.09. The van der Waals surface area contributed by atoms with Gasteiger partial charge in [-0.05, 0) is 36.8 Å². The third-order valence-electron chi connectivity index (χ3n) is 4.70. The number of amides is 1. The molecule has 5 nitrogen and oxygen atoms in total. The average molecular weight is 419 g/mol. The van der Waals surface area contributed by atoms with Crippen molar-refractivity contribution in [2.75, 3.05) is 4.90 Å². The second kappa shape index (κ2) is 7.85. The monoisotopic (exact) mass is 419 g/mol. The normalized spacial score (nSPS) is 17.1. The number of hydrogen-bond acceptors (Lipinski definition) is 4. The number of ketones is 1. The third kappa shape index (κ3) is 4.17. The largest absolute Gasteiger partial charge is 0.573 e. The van der Waals surface area contributed by atoms with Crippen molar-refractivity contribution in [3.8, 4) is 5.75 Å². The van der Waals surface area contributed by atoms with Gasteiger partial charge in [0.25, 0.3) is 5.91 Å². The molecule has 158 valence electrons. The summed E-state index contributed by atoms with van der Waals surface area (Å²) in [5.74, 6) is -2.75. The zero-order valence-corrected chi connectivity index (χ0v) is 16.5. The number of benzene rings is 2. The summed E-state index contributed by atoms with van der Waals surface area (Å²) in [4.78, 5) is 26.9. The van der Waals surface area contributed by atoms with Gasteiger partial charge >= 0.3 is 6.36 Å². The van der Waals surface area contributed by atoms with Crippen LogP contribution in [-0.4, -0.2) is 23.2 Å². The number of rotatable bonds is 5. The summed E-state index contributed by atoms with van der Waals surface area (Å²) in [6.45, 7) is 5.17. The maximum atomic E-state index is 12.9. The van der Waals surface area contributed by atoms with E-state index in [-0.39, 0.29) is 17.0 Å². The number of aliphatic hydroxyl groups excluding tert-OH is 1. The van der Waals surface area contributed by atoms with Crippen molar-refractivity contribution in [3.05, 3.63) is 71.0 Å². The maximum absolute atomic E-state index is 12.9. The van der Waals surface area contributed by atoms with Crippen LogP contribution in [0.15, 0.2) is 59.9 Å². The van der Waals surface area contributed by atoms with E-state index in [0.717, 1.165) is 17.7 Å². The number of carbonyl (C=O) groups excluding carboxylic acids is 2. The molecule has 1 unspecified atom stereocenters. The molecule has 3 rings (SSSR count). The molecule has 1 aliphatic heterocycles. The van der Waals surface area contributed by atoms with Crippen LogP contribution in [0.4, 0.5) is 18.9 Å². The summed E-state index contributed by atoms with van der Waals surface area (Å²) < 4.78 is 41.2. The molecule has 0 bridgehead atoms. The topological polar surface area (TPSA) is 66.8 Å². The molecular formula is C22H20F3NO4. The smallest absolute Gasteiger partial charge is 0.503 e. The van der Waals surface area contributed by atoms with Crippen molar-refractivity contribution in [2.45, 2.75) is 33.2 Å². The molecule has 0 spiro atoms. The minimum Gasteiger partial charge on any atom is -0.503 e. The highest BCUT2D eigenvalue weighted by Gasteiger charge is 2.44. The molecule has 2 aromatic rings. The highest BCUT2D eigenvalue weighted by atomic mass is 19.4. The van der Waals surface area contributed by atoms with Crippen LogP contribution in [0.1, 0.15) is 31.0 Å². The van der Waals surface area contributed by atoms with Gasteiger partial charge in [0.1, 0.15) is 5.75 Å². The Kier molecular flexibility index (Phi) is 5.61. The van der Waals surface area contributed by atoms with Crippen LogP contribution < -0.4 is 9.64 Å². The van der Waals surface area contributed by atoms with Crippen molar-refractivity contribution >= 4 is 17.4 Å². The van der Waals surface area contributed by atoms with Gasteiger partial charge in [-0.25, -0.2) is 0 Å². The Morgan fingerprint density at radius 1 is 1.13 bits per heavy atom. The second-order valence-electron chi connectivity index (χ2n) is 7.31. The molecule has 0 saturated heterocycles. The first-order valence-electron chi connectivity index (χ1n) is 9.23. The molecule has 2 aromatic carbocycles. The molecule has 1 heterocycles. The van der Waals surface area contributed by atoms with Crippen molar-refractivity contribution in [2.24, 2.45) is 5.92 Å². The first kappa shape index (κ1) is 21.4. The zero-order valence-electron chi connectivity index (χ0n) is 16.5. The Labute approximate surface area is 171 Å². The van der Waals surface area contributed by atoms with E-state index in [1.165, 1.54) is 17.0 Å². The lowest BCUT2D eigenvalue weighted by Gasteiger charge is -2.27. The quantitative estimate of drug-likeness (QED) is 0.739. The minimum atomic E-state index is -4.84. The molecular weight excluding hydrogens is 399 g/mol. The molecule has 0 aromatic heterocycles. The highest BCUT2D eigenvalue weighted by molar-refractivity contribution is 6.16. The van der Waals surface area contributed by atoms with Gasteiger partial charge < -0.3 is 9.84 Å². The Morgan fingerprint density at radius 2 is 1.77 bits per heavy atom. The highest BCUT2D eigenvalue weighted by Crippen LogP contribution is 2.42. The van der Waals surface area contributed by atoms with Gasteiger partial charge in [-0.3, -0.25) is 14.5 Å². The van der Waals surface area contributed by atoms with E-state index >= 15 is 0 Å². The lowest BCUT2D eigenvalue weighted by Crippen LogP contribution is -2.31. The molecule has 1 N–H and O–H groups in total. The molecule has 0 fully saturated rings. The van der Waals surface area contributed by atoms with Crippen molar-refractivity contribution in [3.63, 3.8) is 0 Å². The van der Waals surface area contributed by atoms with E-state index in [1.807, 2.05) is 13.0 Å². The van der Waals surface area contributed by atoms with Gasteiger partial charge in [-0.1, -0.05) is 43.7 Å². The summed E-state index contributed by atoms with van der Waals surface area (Å²) >= 11 is 0. The van der Waals surface area contributed by atoms with Crippen LogP contribution in [0.3, 0.4) is 0 Å². The third-order valence-corrected chi connectivity index (χ3v) is 4.70. The lowest BCUT2D eigenvalue weighted by molar-refractivity contribution is -0.274. The fourth-order valence-corrected chi connectivity index (χ4v) is 3.40. The number of anilines is 1. The van der Waals surface area contributed by atoms with Crippen LogP contribution in [0.5, 0.6) is 5.75 Å². The Morgan fingerprint density at radius 3 is 2.30 bits per heavy atom. The summed E-state index contributed by atoms with van der Waals surface area (Å²) in [6.07, 6.45) is -4.84. The van der Waals surface area contributed by atoms with Gasteiger partial charge in [0, 0.05) is 11.6 Å². The fraction of sp³-hybridized carbons (Fsp3) is 0.273. The fourth-order valence-electron chi connectivity index (χ4n) is 3.40. The number of halogens is 3. The molecule has 8 heteroatoms. The predicted molar refractivity (Wildman–Crippen MR) is 104 cm³/mol. The first-order valence-corrected chi connectivity index (χ1v) is 9.23. The first-order chi connectivity index (χ1) is 14.0. The van der Waals surface area contributed by atoms with E-state index in [0.29, 0.717) is 5.56 Å². The maximum Gasteiger partial charge on any atom is 0.573 e. The number of hydrogen-bond donors (Lipinski definition) is 1. The van der Waals surface area contributed by atoms with Gasteiger partial charge in [0.2, 0.25) is 0 Å². The number of alkyl halides is 3. The number of Topliss-reactive ketones (excluding diaryl/α,β-unsaturated/α-hetero) is 1. The van der Waals surface area contributed by atoms with Crippen LogP contribution in [0.2, 0.25) is 0 Å². The zero-order chi connectivity index (χ0) is 22.2. The van der Waals surface area contributed by atoms with Crippen LogP contribution in [0, 0.1) is 12.8 Å². The lowest BCUT2D eigenvalue weighted by atomic mass is 9.90. The van der Waals surface area contributed by atoms with E-state index in [9.17, 15) is 27.9 Å². The SMILES string of the molecule is Cc1cccc(C2C(C(=O)C(C)C)=C(O)C(=O)N2c2ccc(OC(F)(F)F)cc2)c1. The standard InChI is InChI=1S/C22H20F3NO4/c1-12(2)19(27)17-18(14-6-4-5-13(3)11-14)26(21(29)20(17)28)15-7-9-16(10-8-15)30-22(23,24)25/h4-12,18,28H,1-3H3. The van der Waals surface area contributed by atoms with E-state index < -0.39 is 35.7 Å². The molecule has 0 saturated carbocycles. The number of aryl methyl sites for hydroxylation is 1. The molecule has 1 amide bonds. The Hall–Kier alpha value is -3.29. The van der Waals surface area contributed by atoms with E-state index in [2.05, 4.69) is 4.74 Å². The van der Waals surface area contributed by atoms with Gasteiger partial charge in [0.15, 0.2) is 11.5 Å². The van der Waals surface area contributed by atoms with Crippen molar-refractivity contribution < 1.29 is 32.6 Å². The molecule has 1 atom stereocenters. The van der Waals surface area contributed by atoms with Crippen molar-refractivity contribution in [1.82, 2.24) is 0 Å². The van der Waals surface area contributed by atoms with Gasteiger partial charge in [0.05, 0.1) is 11.6 Å². The van der Waals surface area contributed by atoms with Crippen LogP contribution in [0.25, 0.3) is 0 Å². The summed E-state index contributed by atoms with van der Waals surface area (Å²) in [5.41, 5.74) is 1.68. The Bertz CT molecular complexity index is 1010. The number of nitrogens with zero attached hydrogens (tertiary/aromatic N) is 1. The molecule has 30 heavy (non-hydrogen) atoms. The summed E-state index contributed by atoms with van der Waals surface area (Å²) in [7, 11) is 0. The van der Waals surface area contributed by atoms with E-state index in [1.54, 1.807) is 32.0 Å². The number of carbonyl (C=O) groups is 2. The minimum absolute atomic E-state index is 0.0313. The van der Waals surface area contributed by atoms with Crippen LogP contribution in [-0.2, 0) is 9.59 Å². The number of aliphatic hydroxyl groups is 1. The van der Waals surface area contributed by atoms with Gasteiger partial charge in [-0.2, -0.15) is 0 Å². The average Bonchev–Trinajstić information content (AvgIpc) is 2.92. The van der Waals surface area contributed by atoms with Gasteiger partial charge in [-0.15, -0.1) is 13.2 Å². The van der Waals surface area contributed by atoms with Crippen molar-refractivity contribution in [1.29, 1.82) is 0 Å². The second-order valence-corrected chi connectivity index (χ2v) is 7.31. The predicted octanol–water partition coefficient (Wildman–Crippen LogP) is 5.02. The summed E-state index contributed by atoms with van der Waals surface area (Å²) in [5, 5.41) is 10.5. The molecule has 1 aliphatic rings. The van der Waals surface area contributed by atoms with E-state index in [4.69, 9.17) is 0 Å².